The fraction of sp³-hybridized carbons (Fsp3) is 0.611. The smallest absolute Gasteiger partial charge is 0.227 e. The highest BCUT2D eigenvalue weighted by Crippen LogP contribution is 2.30. The summed E-state index contributed by atoms with van der Waals surface area (Å²) in [5.74, 6) is -0.615. The van der Waals surface area contributed by atoms with Crippen molar-refractivity contribution in [2.24, 2.45) is 11.3 Å². The third-order valence-corrected chi connectivity index (χ3v) is 4.70. The van der Waals surface area contributed by atoms with E-state index in [1.54, 1.807) is 12.1 Å². The van der Waals surface area contributed by atoms with Crippen LogP contribution >= 0.6 is 0 Å². The van der Waals surface area contributed by atoms with E-state index in [1.165, 1.54) is 12.1 Å². The number of nitrogens with one attached hydrogen (secondary N) is 1. The molecular formula is C18H26FNO3. The number of aliphatic hydroxyl groups excluding tert-OH is 1. The van der Waals surface area contributed by atoms with Crippen LogP contribution in [0.15, 0.2) is 24.3 Å². The molecule has 1 aromatic carbocycles. The summed E-state index contributed by atoms with van der Waals surface area (Å²) in [5, 5.41) is 12.7. The highest BCUT2D eigenvalue weighted by Gasteiger charge is 2.33. The van der Waals surface area contributed by atoms with Gasteiger partial charge in [0, 0.05) is 25.2 Å². The molecular weight excluding hydrogens is 297 g/mol. The minimum atomic E-state index is -0.328. The first-order valence-electron chi connectivity index (χ1n) is 8.19. The van der Waals surface area contributed by atoms with E-state index in [2.05, 4.69) is 5.32 Å². The number of benzene rings is 1. The highest BCUT2D eigenvalue weighted by molar-refractivity contribution is 5.83. The lowest BCUT2D eigenvalue weighted by Gasteiger charge is -2.36. The second kappa shape index (κ2) is 7.88. The Morgan fingerprint density at radius 1 is 1.30 bits per heavy atom. The zero-order valence-electron chi connectivity index (χ0n) is 13.8. The molecule has 128 valence electrons. The van der Waals surface area contributed by atoms with Crippen molar-refractivity contribution >= 4 is 5.91 Å². The Morgan fingerprint density at radius 3 is 2.43 bits per heavy atom. The zero-order valence-corrected chi connectivity index (χ0v) is 13.8. The van der Waals surface area contributed by atoms with Gasteiger partial charge in [0.1, 0.15) is 5.82 Å². The molecule has 0 bridgehead atoms. The summed E-state index contributed by atoms with van der Waals surface area (Å²) in [6, 6.07) is 6.09. The van der Waals surface area contributed by atoms with E-state index in [1.807, 2.05) is 13.8 Å². The number of amides is 1. The molecule has 0 aromatic heterocycles. The first kappa shape index (κ1) is 17.9. The molecule has 1 aliphatic heterocycles. The highest BCUT2D eigenvalue weighted by atomic mass is 19.1. The summed E-state index contributed by atoms with van der Waals surface area (Å²) < 4.78 is 18.4. The normalized spacial score (nSPS) is 18.7. The van der Waals surface area contributed by atoms with Crippen LogP contribution in [0.4, 0.5) is 4.39 Å². The maximum atomic E-state index is 13.1. The maximum absolute atomic E-state index is 13.1. The molecule has 5 heteroatoms. The minimum Gasteiger partial charge on any atom is -0.396 e. The predicted molar refractivity (Wildman–Crippen MR) is 86.6 cm³/mol. The molecule has 1 unspecified atom stereocenters. The number of ether oxygens (including phenoxy) is 1. The zero-order chi connectivity index (χ0) is 16.9. The van der Waals surface area contributed by atoms with Crippen molar-refractivity contribution in [2.45, 2.75) is 32.6 Å². The van der Waals surface area contributed by atoms with Crippen LogP contribution in [0.25, 0.3) is 0 Å². The van der Waals surface area contributed by atoms with Crippen LogP contribution in [0.1, 0.15) is 38.2 Å². The van der Waals surface area contributed by atoms with Gasteiger partial charge in [-0.15, -0.1) is 0 Å². The average molecular weight is 323 g/mol. The number of hydrogen-bond acceptors (Lipinski definition) is 3. The number of halogens is 1. The SMILES string of the molecule is CC(C)C(C(=O)NCC1(CO)CCOCC1)c1ccc(F)cc1. The van der Waals surface area contributed by atoms with Crippen molar-refractivity contribution in [3.8, 4) is 0 Å². The Balaban J connectivity index is 2.05. The lowest BCUT2D eigenvalue weighted by Crippen LogP contribution is -2.45. The quantitative estimate of drug-likeness (QED) is 0.845. The molecule has 1 atom stereocenters. The molecule has 2 rings (SSSR count). The van der Waals surface area contributed by atoms with Crippen LogP contribution in [-0.2, 0) is 9.53 Å². The lowest BCUT2D eigenvalue weighted by molar-refractivity contribution is -0.124. The van der Waals surface area contributed by atoms with Crippen LogP contribution in [0.2, 0.25) is 0 Å². The summed E-state index contributed by atoms with van der Waals surface area (Å²) >= 11 is 0. The Kier molecular flexibility index (Phi) is 6.13. The summed E-state index contributed by atoms with van der Waals surface area (Å²) in [5.41, 5.74) is 0.516. The van der Waals surface area contributed by atoms with E-state index >= 15 is 0 Å². The van der Waals surface area contributed by atoms with E-state index in [0.717, 1.165) is 18.4 Å². The van der Waals surface area contributed by atoms with Crippen molar-refractivity contribution < 1.29 is 19.0 Å². The summed E-state index contributed by atoms with van der Waals surface area (Å²) in [7, 11) is 0. The van der Waals surface area contributed by atoms with Gasteiger partial charge in [0.2, 0.25) is 5.91 Å². The molecule has 1 heterocycles. The van der Waals surface area contributed by atoms with E-state index < -0.39 is 0 Å². The van der Waals surface area contributed by atoms with Gasteiger partial charge in [0.25, 0.3) is 0 Å². The summed E-state index contributed by atoms with van der Waals surface area (Å²) in [6.07, 6.45) is 1.49. The van der Waals surface area contributed by atoms with Crippen molar-refractivity contribution in [1.29, 1.82) is 0 Å². The molecule has 1 aromatic rings. The molecule has 4 nitrogen and oxygen atoms in total. The monoisotopic (exact) mass is 323 g/mol. The Morgan fingerprint density at radius 2 is 1.91 bits per heavy atom. The second-order valence-electron chi connectivity index (χ2n) is 6.76. The van der Waals surface area contributed by atoms with E-state index in [4.69, 9.17) is 4.74 Å². The van der Waals surface area contributed by atoms with Crippen LogP contribution in [0, 0.1) is 17.2 Å². The molecule has 1 aliphatic rings. The van der Waals surface area contributed by atoms with Gasteiger partial charge < -0.3 is 15.2 Å². The van der Waals surface area contributed by atoms with Crippen molar-refractivity contribution in [2.75, 3.05) is 26.4 Å². The number of carbonyl (C=O) groups is 1. The van der Waals surface area contributed by atoms with Gasteiger partial charge in [-0.25, -0.2) is 4.39 Å². The van der Waals surface area contributed by atoms with E-state index in [9.17, 15) is 14.3 Å². The third kappa shape index (κ3) is 4.52. The van der Waals surface area contributed by atoms with E-state index in [-0.39, 0.29) is 35.6 Å². The maximum Gasteiger partial charge on any atom is 0.227 e. The lowest BCUT2D eigenvalue weighted by atomic mass is 9.80. The second-order valence-corrected chi connectivity index (χ2v) is 6.76. The molecule has 0 saturated carbocycles. The predicted octanol–water partition coefficient (Wildman–Crippen LogP) is 2.47. The molecule has 0 radical (unpaired) electrons. The van der Waals surface area contributed by atoms with Gasteiger partial charge >= 0.3 is 0 Å². The van der Waals surface area contributed by atoms with Crippen LogP contribution in [0.5, 0.6) is 0 Å². The van der Waals surface area contributed by atoms with Crippen molar-refractivity contribution in [1.82, 2.24) is 5.32 Å². The van der Waals surface area contributed by atoms with Gasteiger partial charge in [-0.3, -0.25) is 4.79 Å². The fourth-order valence-corrected chi connectivity index (χ4v) is 3.09. The molecule has 23 heavy (non-hydrogen) atoms. The van der Waals surface area contributed by atoms with Gasteiger partial charge in [-0.1, -0.05) is 26.0 Å². The first-order chi connectivity index (χ1) is 11.0. The Bertz CT molecular complexity index is 510. The van der Waals surface area contributed by atoms with Crippen LogP contribution in [-0.4, -0.2) is 37.4 Å². The van der Waals surface area contributed by atoms with Gasteiger partial charge in [0.15, 0.2) is 0 Å². The Labute approximate surface area is 137 Å². The largest absolute Gasteiger partial charge is 0.396 e. The number of rotatable bonds is 6. The van der Waals surface area contributed by atoms with Crippen molar-refractivity contribution in [3.63, 3.8) is 0 Å². The summed E-state index contributed by atoms with van der Waals surface area (Å²) in [6.45, 7) is 5.66. The number of aliphatic hydroxyl groups is 1. The van der Waals surface area contributed by atoms with Crippen LogP contribution < -0.4 is 5.32 Å². The van der Waals surface area contributed by atoms with Crippen molar-refractivity contribution in [3.05, 3.63) is 35.6 Å². The third-order valence-electron chi connectivity index (χ3n) is 4.70. The van der Waals surface area contributed by atoms with Gasteiger partial charge in [0.05, 0.1) is 12.5 Å². The summed E-state index contributed by atoms with van der Waals surface area (Å²) in [4.78, 5) is 12.7. The molecule has 2 N–H and O–H groups in total. The molecule has 1 amide bonds. The molecule has 0 aliphatic carbocycles. The van der Waals surface area contributed by atoms with Gasteiger partial charge in [-0.05, 0) is 36.5 Å². The molecule has 1 fully saturated rings. The topological polar surface area (TPSA) is 58.6 Å². The fourth-order valence-electron chi connectivity index (χ4n) is 3.09. The number of hydrogen-bond donors (Lipinski definition) is 2. The van der Waals surface area contributed by atoms with Gasteiger partial charge in [-0.2, -0.15) is 0 Å². The Hall–Kier alpha value is -1.46. The standard InChI is InChI=1S/C18H26FNO3/c1-13(2)16(14-3-5-15(19)6-4-14)17(22)20-11-18(12-21)7-9-23-10-8-18/h3-6,13,16,21H,7-12H2,1-2H3,(H,20,22). The average Bonchev–Trinajstić information content (AvgIpc) is 2.55. The number of carbonyl (C=O) groups excluding carboxylic acids is 1. The van der Waals surface area contributed by atoms with Crippen LogP contribution in [0.3, 0.4) is 0 Å². The first-order valence-corrected chi connectivity index (χ1v) is 8.19. The molecule has 1 saturated heterocycles. The minimum absolute atomic E-state index is 0.0412. The van der Waals surface area contributed by atoms with E-state index in [0.29, 0.717) is 19.8 Å². The molecule has 0 spiro atoms.